The molecule has 120 valence electrons. The van der Waals surface area contributed by atoms with Crippen LogP contribution in [0.15, 0.2) is 46.9 Å². The summed E-state index contributed by atoms with van der Waals surface area (Å²) in [6.07, 6.45) is 0.339. The molecule has 24 heavy (non-hydrogen) atoms. The van der Waals surface area contributed by atoms with Crippen LogP contribution in [0.3, 0.4) is 0 Å². The van der Waals surface area contributed by atoms with Crippen molar-refractivity contribution in [3.63, 3.8) is 0 Å². The predicted molar refractivity (Wildman–Crippen MR) is 82.9 cm³/mol. The second-order valence-corrected chi connectivity index (χ2v) is 4.85. The number of ether oxygens (including phenoxy) is 1. The molecule has 3 rings (SSSR count). The van der Waals surface area contributed by atoms with Gasteiger partial charge < -0.3 is 19.4 Å². The van der Waals surface area contributed by atoms with Crippen molar-refractivity contribution in [2.75, 3.05) is 0 Å². The van der Waals surface area contributed by atoms with Crippen molar-refractivity contribution in [1.82, 2.24) is 4.98 Å². The quantitative estimate of drug-likeness (QED) is 0.683. The van der Waals surface area contributed by atoms with E-state index in [1.165, 1.54) is 12.1 Å². The number of carboxylic acid groups (broad SMARTS) is 1. The Morgan fingerprint density at radius 2 is 1.92 bits per heavy atom. The summed E-state index contributed by atoms with van der Waals surface area (Å²) in [5.74, 6) is -0.330. The first-order chi connectivity index (χ1) is 11.0. The van der Waals surface area contributed by atoms with Crippen LogP contribution in [0.2, 0.25) is 5.02 Å². The van der Waals surface area contributed by atoms with Crippen LogP contribution in [0, 0.1) is 0 Å². The molecular formula is C16H13ClKNO5. The minimum Gasteiger partial charge on any atom is -0.872 e. The average molecular weight is 374 g/mol. The van der Waals surface area contributed by atoms with Gasteiger partial charge in [0.05, 0.1) is 0 Å². The SMILES string of the molecule is CCC(=O)O.[K+].[O-]c1ccc(Oc2nc3ccc(Cl)cc3o2)cc1. The summed E-state index contributed by atoms with van der Waals surface area (Å²) in [6, 6.07) is 11.1. The number of nitrogens with zero attached hydrogens (tertiary/aromatic N) is 1. The molecule has 6 nitrogen and oxygen atoms in total. The first-order valence-electron chi connectivity index (χ1n) is 6.70. The molecule has 1 N–H and O–H groups in total. The minimum absolute atomic E-state index is 0. The van der Waals surface area contributed by atoms with Gasteiger partial charge in [-0.25, -0.2) is 0 Å². The molecular weight excluding hydrogens is 361 g/mol. The van der Waals surface area contributed by atoms with Crippen molar-refractivity contribution in [3.05, 3.63) is 47.5 Å². The van der Waals surface area contributed by atoms with Gasteiger partial charge in [0.15, 0.2) is 5.58 Å². The zero-order valence-electron chi connectivity index (χ0n) is 13.2. The number of aromatic nitrogens is 1. The molecule has 0 aliphatic carbocycles. The van der Waals surface area contributed by atoms with E-state index in [9.17, 15) is 9.90 Å². The summed E-state index contributed by atoms with van der Waals surface area (Å²) < 4.78 is 10.8. The van der Waals surface area contributed by atoms with Gasteiger partial charge in [0.1, 0.15) is 11.3 Å². The Kier molecular flexibility index (Phi) is 8.75. The Morgan fingerprint density at radius 3 is 2.50 bits per heavy atom. The largest absolute Gasteiger partial charge is 1.00 e. The number of carboxylic acids is 1. The number of halogens is 1. The molecule has 0 aliphatic heterocycles. The number of aliphatic carboxylic acids is 1. The molecule has 0 spiro atoms. The molecule has 0 bridgehead atoms. The van der Waals surface area contributed by atoms with Crippen LogP contribution in [0.1, 0.15) is 13.3 Å². The third-order valence-corrected chi connectivity index (χ3v) is 2.90. The number of benzene rings is 2. The van der Waals surface area contributed by atoms with Crippen LogP contribution in [0.25, 0.3) is 11.1 Å². The number of hydrogen-bond acceptors (Lipinski definition) is 5. The van der Waals surface area contributed by atoms with Gasteiger partial charge in [-0.2, -0.15) is 4.98 Å². The van der Waals surface area contributed by atoms with Gasteiger partial charge >= 0.3 is 63.4 Å². The third-order valence-electron chi connectivity index (χ3n) is 2.66. The zero-order chi connectivity index (χ0) is 16.8. The van der Waals surface area contributed by atoms with E-state index in [0.717, 1.165) is 0 Å². The monoisotopic (exact) mass is 373 g/mol. The van der Waals surface area contributed by atoms with E-state index in [2.05, 4.69) is 4.98 Å². The van der Waals surface area contributed by atoms with Crippen molar-refractivity contribution in [2.45, 2.75) is 13.3 Å². The second kappa shape index (κ2) is 10.0. The first kappa shape index (κ1) is 21.0. The number of oxazole rings is 1. The van der Waals surface area contributed by atoms with Crippen LogP contribution in [0.4, 0.5) is 0 Å². The van der Waals surface area contributed by atoms with Gasteiger partial charge in [0, 0.05) is 17.5 Å². The van der Waals surface area contributed by atoms with Gasteiger partial charge in [0.25, 0.3) is 0 Å². The van der Waals surface area contributed by atoms with E-state index >= 15 is 0 Å². The summed E-state index contributed by atoms with van der Waals surface area (Å²) in [4.78, 5) is 13.5. The van der Waals surface area contributed by atoms with Gasteiger partial charge in [-0.15, -0.1) is 5.75 Å². The molecule has 8 heteroatoms. The van der Waals surface area contributed by atoms with Crippen molar-refractivity contribution >= 4 is 28.7 Å². The van der Waals surface area contributed by atoms with E-state index in [0.29, 0.717) is 21.9 Å². The van der Waals surface area contributed by atoms with E-state index in [-0.39, 0.29) is 69.6 Å². The summed E-state index contributed by atoms with van der Waals surface area (Å²) in [6.45, 7) is 1.60. The Morgan fingerprint density at radius 1 is 1.29 bits per heavy atom. The molecule has 0 unspecified atom stereocenters. The molecule has 0 amide bonds. The molecule has 2 aromatic carbocycles. The molecule has 3 aromatic rings. The summed E-state index contributed by atoms with van der Waals surface area (Å²) in [5.41, 5.74) is 1.22. The van der Waals surface area contributed by atoms with Crippen LogP contribution in [-0.2, 0) is 4.79 Å². The molecule has 0 aliphatic rings. The predicted octanol–water partition coefficient (Wildman–Crippen LogP) is 0.832. The van der Waals surface area contributed by atoms with E-state index in [1.807, 2.05) is 0 Å². The Bertz CT molecular complexity index is 804. The van der Waals surface area contributed by atoms with Gasteiger partial charge in [-0.1, -0.05) is 30.7 Å². The molecule has 0 fully saturated rings. The van der Waals surface area contributed by atoms with Crippen LogP contribution in [0.5, 0.6) is 17.6 Å². The van der Waals surface area contributed by atoms with Crippen molar-refractivity contribution in [2.24, 2.45) is 0 Å². The van der Waals surface area contributed by atoms with Gasteiger partial charge in [0.2, 0.25) is 0 Å². The van der Waals surface area contributed by atoms with Crippen molar-refractivity contribution in [3.8, 4) is 17.6 Å². The van der Waals surface area contributed by atoms with Crippen molar-refractivity contribution in [1.29, 1.82) is 0 Å². The number of carbonyl (C=O) groups is 1. The number of fused-ring (bicyclic) bond motifs is 1. The molecule has 1 aromatic heterocycles. The maximum absolute atomic E-state index is 10.9. The smallest absolute Gasteiger partial charge is 0.872 e. The Hall–Kier alpha value is -1.09. The molecule has 0 saturated carbocycles. The van der Waals surface area contributed by atoms with Crippen LogP contribution >= 0.6 is 11.6 Å². The fourth-order valence-electron chi connectivity index (χ4n) is 1.53. The number of rotatable bonds is 3. The fraction of sp³-hybridized carbons (Fsp3) is 0.125. The molecule has 1 heterocycles. The van der Waals surface area contributed by atoms with Crippen molar-refractivity contribution < 1.29 is 75.5 Å². The second-order valence-electron chi connectivity index (χ2n) is 4.41. The molecule has 0 radical (unpaired) electrons. The summed E-state index contributed by atoms with van der Waals surface area (Å²) >= 11 is 5.84. The van der Waals surface area contributed by atoms with E-state index in [4.69, 9.17) is 25.9 Å². The van der Waals surface area contributed by atoms with Crippen LogP contribution in [-0.4, -0.2) is 16.1 Å². The fourth-order valence-corrected chi connectivity index (χ4v) is 1.69. The van der Waals surface area contributed by atoms with Gasteiger partial charge in [-0.3, -0.25) is 4.79 Å². The maximum Gasteiger partial charge on any atom is 1.00 e. The molecule has 0 atom stereocenters. The summed E-state index contributed by atoms with van der Waals surface area (Å²) in [5, 5.41) is 19.2. The normalized spacial score (nSPS) is 9.58. The molecule has 0 saturated heterocycles. The van der Waals surface area contributed by atoms with Gasteiger partial charge in [-0.05, 0) is 24.3 Å². The third kappa shape index (κ3) is 6.43. The Balaban J connectivity index is 0.000000425. The Labute approximate surface area is 185 Å². The minimum atomic E-state index is -0.745. The first-order valence-corrected chi connectivity index (χ1v) is 7.08. The van der Waals surface area contributed by atoms with Crippen LogP contribution < -0.4 is 61.2 Å². The standard InChI is InChI=1S/C13H8ClNO3.C3H6O2.K/c14-8-1-6-11-12(7-8)18-13(15-11)17-10-4-2-9(16)3-5-10;1-2-3(4)5;/h1-7,16H;2H2,1H3,(H,4,5);/q;;+1/p-1. The average Bonchev–Trinajstić information content (AvgIpc) is 2.91. The zero-order valence-corrected chi connectivity index (χ0v) is 17.0. The topological polar surface area (TPSA) is 95.6 Å². The number of hydrogen-bond donors (Lipinski definition) is 1. The van der Waals surface area contributed by atoms with E-state index < -0.39 is 5.97 Å². The maximum atomic E-state index is 10.9. The summed E-state index contributed by atoms with van der Waals surface area (Å²) in [7, 11) is 0. The van der Waals surface area contributed by atoms with E-state index in [1.54, 1.807) is 37.3 Å².